The van der Waals surface area contributed by atoms with Crippen molar-refractivity contribution in [3.63, 3.8) is 0 Å². The topological polar surface area (TPSA) is 62.4 Å². The van der Waals surface area contributed by atoms with E-state index in [0.29, 0.717) is 37.0 Å². The summed E-state index contributed by atoms with van der Waals surface area (Å²) in [7, 11) is 0. The fourth-order valence-electron chi connectivity index (χ4n) is 2.42. The predicted octanol–water partition coefficient (Wildman–Crippen LogP) is 2.08. The summed E-state index contributed by atoms with van der Waals surface area (Å²) in [6, 6.07) is 5.93. The van der Waals surface area contributed by atoms with Gasteiger partial charge in [0.2, 0.25) is 11.8 Å². The Morgan fingerprint density at radius 1 is 1.29 bits per heavy atom. The summed E-state index contributed by atoms with van der Waals surface area (Å²) in [5, 5.41) is 18.2. The van der Waals surface area contributed by atoms with E-state index < -0.39 is 5.60 Å². The number of aliphatic hydroxyl groups is 1. The van der Waals surface area contributed by atoms with Gasteiger partial charge in [-0.15, -0.1) is 10.2 Å². The Hall–Kier alpha value is -1.79. The molecule has 0 aliphatic carbocycles. The van der Waals surface area contributed by atoms with Gasteiger partial charge in [-0.1, -0.05) is 13.8 Å². The van der Waals surface area contributed by atoms with Crippen LogP contribution in [-0.2, 0) is 6.54 Å². The van der Waals surface area contributed by atoms with E-state index in [2.05, 4.69) is 15.1 Å². The van der Waals surface area contributed by atoms with Crippen molar-refractivity contribution in [2.45, 2.75) is 26.0 Å². The molecule has 1 aliphatic heterocycles. The van der Waals surface area contributed by atoms with Gasteiger partial charge in [-0.2, -0.15) is 0 Å². The molecule has 2 heterocycles. The van der Waals surface area contributed by atoms with E-state index in [1.807, 2.05) is 13.8 Å². The van der Waals surface area contributed by atoms with Gasteiger partial charge in [0.05, 0.1) is 12.1 Å². The number of aromatic nitrogens is 2. The third kappa shape index (κ3) is 2.82. The molecule has 0 unspecified atom stereocenters. The highest BCUT2D eigenvalue weighted by Gasteiger charge is 2.43. The summed E-state index contributed by atoms with van der Waals surface area (Å²) in [5.41, 5.74) is 0.0808. The second kappa shape index (κ2) is 5.20. The first-order chi connectivity index (χ1) is 9.96. The molecule has 3 rings (SSSR count). The number of hydrogen-bond acceptors (Lipinski definition) is 5. The Kier molecular flexibility index (Phi) is 3.51. The Morgan fingerprint density at radius 3 is 2.57 bits per heavy atom. The molecule has 2 aromatic rings. The third-order valence-electron chi connectivity index (χ3n) is 3.99. The lowest BCUT2D eigenvalue weighted by Crippen LogP contribution is -2.63. The maximum absolute atomic E-state index is 12.9. The van der Waals surface area contributed by atoms with Gasteiger partial charge in [-0.25, -0.2) is 4.39 Å². The predicted molar refractivity (Wildman–Crippen MR) is 74.8 cm³/mol. The van der Waals surface area contributed by atoms with Crippen LogP contribution in [0.2, 0.25) is 0 Å². The maximum atomic E-state index is 12.9. The number of nitrogens with zero attached hydrogens (tertiary/aromatic N) is 3. The number of β-amino-alcohol motifs (C(OH)–C–C–N with tert-alkyl or cyclic N) is 1. The standard InChI is InChI=1S/C15H18FN3O2/c1-10(2)15(20)8-19(9-15)7-13-17-18-14(21-13)11-3-5-12(16)6-4-11/h3-6,10,20H,7-9H2,1-2H3. The summed E-state index contributed by atoms with van der Waals surface area (Å²) in [5.74, 6) is 0.808. The molecular formula is C15H18FN3O2. The van der Waals surface area contributed by atoms with Gasteiger partial charge in [-0.3, -0.25) is 4.90 Å². The zero-order valence-electron chi connectivity index (χ0n) is 12.1. The molecule has 112 valence electrons. The molecule has 1 saturated heterocycles. The highest BCUT2D eigenvalue weighted by molar-refractivity contribution is 5.51. The fourth-order valence-corrected chi connectivity index (χ4v) is 2.42. The third-order valence-corrected chi connectivity index (χ3v) is 3.99. The highest BCUT2D eigenvalue weighted by atomic mass is 19.1. The van der Waals surface area contributed by atoms with Gasteiger partial charge in [0, 0.05) is 18.7 Å². The lowest BCUT2D eigenvalue weighted by atomic mass is 9.83. The van der Waals surface area contributed by atoms with Crippen LogP contribution in [0.3, 0.4) is 0 Å². The molecule has 0 saturated carbocycles. The van der Waals surface area contributed by atoms with E-state index in [1.165, 1.54) is 12.1 Å². The van der Waals surface area contributed by atoms with Gasteiger partial charge in [-0.05, 0) is 30.2 Å². The van der Waals surface area contributed by atoms with Crippen molar-refractivity contribution in [2.24, 2.45) is 5.92 Å². The number of likely N-dealkylation sites (tertiary alicyclic amines) is 1. The van der Waals surface area contributed by atoms with E-state index >= 15 is 0 Å². The van der Waals surface area contributed by atoms with Gasteiger partial charge >= 0.3 is 0 Å². The minimum absolute atomic E-state index is 0.228. The van der Waals surface area contributed by atoms with E-state index in [9.17, 15) is 9.50 Å². The van der Waals surface area contributed by atoms with Gasteiger partial charge in [0.25, 0.3) is 0 Å². The van der Waals surface area contributed by atoms with Crippen LogP contribution >= 0.6 is 0 Å². The number of benzene rings is 1. The zero-order chi connectivity index (χ0) is 15.0. The largest absolute Gasteiger partial charge is 0.419 e. The Morgan fingerprint density at radius 2 is 1.95 bits per heavy atom. The van der Waals surface area contributed by atoms with Crippen molar-refractivity contribution in [3.05, 3.63) is 36.0 Å². The average molecular weight is 291 g/mol. The summed E-state index contributed by atoms with van der Waals surface area (Å²) < 4.78 is 18.5. The minimum atomic E-state index is -0.611. The SMILES string of the molecule is CC(C)C1(O)CN(Cc2nnc(-c3ccc(F)cc3)o2)C1. The maximum Gasteiger partial charge on any atom is 0.247 e. The van der Waals surface area contributed by atoms with Gasteiger partial charge < -0.3 is 9.52 Å². The molecule has 5 nitrogen and oxygen atoms in total. The first-order valence-electron chi connectivity index (χ1n) is 6.99. The molecule has 0 radical (unpaired) electrons. The van der Waals surface area contributed by atoms with Gasteiger partial charge in [0.1, 0.15) is 5.82 Å². The van der Waals surface area contributed by atoms with Crippen molar-refractivity contribution >= 4 is 0 Å². The lowest BCUT2D eigenvalue weighted by molar-refractivity contribution is -0.132. The second-order valence-corrected chi connectivity index (χ2v) is 5.91. The lowest BCUT2D eigenvalue weighted by Gasteiger charge is -2.48. The van der Waals surface area contributed by atoms with Crippen LogP contribution in [0, 0.1) is 11.7 Å². The normalized spacial score (nSPS) is 18.0. The highest BCUT2D eigenvalue weighted by Crippen LogP contribution is 2.30. The molecule has 1 aromatic carbocycles. The Labute approximate surface area is 122 Å². The number of hydrogen-bond donors (Lipinski definition) is 1. The van der Waals surface area contributed by atoms with E-state index in [-0.39, 0.29) is 11.7 Å². The molecule has 1 aromatic heterocycles. The van der Waals surface area contributed by atoms with Crippen LogP contribution in [-0.4, -0.2) is 38.9 Å². The summed E-state index contributed by atoms with van der Waals surface area (Å²) in [6.07, 6.45) is 0. The van der Waals surface area contributed by atoms with Crippen LogP contribution in [0.25, 0.3) is 11.5 Å². The average Bonchev–Trinajstić information content (AvgIpc) is 2.86. The second-order valence-electron chi connectivity index (χ2n) is 5.91. The van der Waals surface area contributed by atoms with Crippen molar-refractivity contribution in [1.29, 1.82) is 0 Å². The number of rotatable bonds is 4. The zero-order valence-corrected chi connectivity index (χ0v) is 12.1. The summed E-state index contributed by atoms with van der Waals surface area (Å²) in [4.78, 5) is 2.06. The monoisotopic (exact) mass is 291 g/mol. The first kappa shape index (κ1) is 14.2. The minimum Gasteiger partial charge on any atom is -0.419 e. The van der Waals surface area contributed by atoms with E-state index in [4.69, 9.17) is 4.42 Å². The van der Waals surface area contributed by atoms with Crippen molar-refractivity contribution in [2.75, 3.05) is 13.1 Å². The molecule has 1 N–H and O–H groups in total. The van der Waals surface area contributed by atoms with Crippen molar-refractivity contribution in [1.82, 2.24) is 15.1 Å². The Balaban J connectivity index is 1.63. The molecular weight excluding hydrogens is 273 g/mol. The quantitative estimate of drug-likeness (QED) is 0.934. The molecule has 6 heteroatoms. The Bertz CT molecular complexity index is 618. The number of halogens is 1. The fraction of sp³-hybridized carbons (Fsp3) is 0.467. The van der Waals surface area contributed by atoms with Crippen LogP contribution in [0.15, 0.2) is 28.7 Å². The smallest absolute Gasteiger partial charge is 0.247 e. The van der Waals surface area contributed by atoms with Crippen LogP contribution in [0.1, 0.15) is 19.7 Å². The van der Waals surface area contributed by atoms with Crippen molar-refractivity contribution < 1.29 is 13.9 Å². The van der Waals surface area contributed by atoms with E-state index in [1.54, 1.807) is 12.1 Å². The van der Waals surface area contributed by atoms with Crippen molar-refractivity contribution in [3.8, 4) is 11.5 Å². The first-order valence-corrected chi connectivity index (χ1v) is 6.99. The molecule has 0 atom stereocenters. The molecule has 0 bridgehead atoms. The van der Waals surface area contributed by atoms with Gasteiger partial charge in [0.15, 0.2) is 0 Å². The molecule has 0 amide bonds. The summed E-state index contributed by atoms with van der Waals surface area (Å²) in [6.45, 7) is 5.76. The molecule has 0 spiro atoms. The summed E-state index contributed by atoms with van der Waals surface area (Å²) >= 11 is 0. The molecule has 21 heavy (non-hydrogen) atoms. The molecule has 1 fully saturated rings. The van der Waals surface area contributed by atoms with Crippen LogP contribution in [0.5, 0.6) is 0 Å². The van der Waals surface area contributed by atoms with Crippen LogP contribution in [0.4, 0.5) is 4.39 Å². The van der Waals surface area contributed by atoms with E-state index in [0.717, 1.165) is 0 Å². The van der Waals surface area contributed by atoms with Crippen LogP contribution < -0.4 is 0 Å². The molecule has 1 aliphatic rings.